The standard InChI is InChI=1S/C26H41N3O6S/c1-26(2,3)35-25(34)28-20(14-17-36-4)24(33)29(15-16-30)22(19-12-8-9-13-21(19)31)23(32)27-18-10-6-5-7-11-18/h8-9,12-13,18,20,22,30-31H,5-7,10-11,14-17H2,1-4H3,(H,27,32)(H,28,34). The zero-order valence-corrected chi connectivity index (χ0v) is 22.6. The van der Waals surface area contributed by atoms with Crippen LogP contribution in [0.2, 0.25) is 0 Å². The van der Waals surface area contributed by atoms with Crippen LogP contribution in [0.1, 0.15) is 70.9 Å². The molecule has 0 spiro atoms. The van der Waals surface area contributed by atoms with Crippen molar-refractivity contribution in [1.29, 1.82) is 0 Å². The molecule has 0 aromatic heterocycles. The zero-order chi connectivity index (χ0) is 26.7. The molecule has 9 nitrogen and oxygen atoms in total. The molecule has 1 fully saturated rings. The summed E-state index contributed by atoms with van der Waals surface area (Å²) in [5, 5.41) is 26.2. The van der Waals surface area contributed by atoms with Crippen LogP contribution in [0.15, 0.2) is 24.3 Å². The summed E-state index contributed by atoms with van der Waals surface area (Å²) in [6.45, 7) is 4.64. The van der Waals surface area contributed by atoms with Crippen molar-refractivity contribution in [2.75, 3.05) is 25.2 Å². The lowest BCUT2D eigenvalue weighted by Gasteiger charge is -2.35. The number of alkyl carbamates (subject to hydrolysis) is 1. The second-order valence-electron chi connectivity index (χ2n) is 10.0. The van der Waals surface area contributed by atoms with Crippen molar-refractivity contribution < 1.29 is 29.3 Å². The van der Waals surface area contributed by atoms with E-state index in [9.17, 15) is 24.6 Å². The van der Waals surface area contributed by atoms with Gasteiger partial charge in [-0.05, 0) is 58.1 Å². The Bertz CT molecular complexity index is 869. The van der Waals surface area contributed by atoms with Crippen molar-refractivity contribution in [1.82, 2.24) is 15.5 Å². The number of hydrogen-bond donors (Lipinski definition) is 4. The number of nitrogens with zero attached hydrogens (tertiary/aromatic N) is 1. The Balaban J connectivity index is 2.40. The van der Waals surface area contributed by atoms with E-state index in [0.717, 1.165) is 32.1 Å². The van der Waals surface area contributed by atoms with Gasteiger partial charge in [0, 0.05) is 18.2 Å². The van der Waals surface area contributed by atoms with Crippen LogP contribution in [0.4, 0.5) is 4.79 Å². The molecule has 4 N–H and O–H groups in total. The topological polar surface area (TPSA) is 128 Å². The minimum atomic E-state index is -1.18. The maximum Gasteiger partial charge on any atom is 0.408 e. The van der Waals surface area contributed by atoms with E-state index < -0.39 is 42.2 Å². The van der Waals surface area contributed by atoms with Crippen molar-refractivity contribution in [3.05, 3.63) is 29.8 Å². The second kappa shape index (κ2) is 14.3. The molecule has 36 heavy (non-hydrogen) atoms. The van der Waals surface area contributed by atoms with Gasteiger partial charge >= 0.3 is 6.09 Å². The molecule has 0 heterocycles. The fourth-order valence-electron chi connectivity index (χ4n) is 4.31. The second-order valence-corrected chi connectivity index (χ2v) is 11.0. The van der Waals surface area contributed by atoms with Gasteiger partial charge in [0.1, 0.15) is 23.4 Å². The summed E-state index contributed by atoms with van der Waals surface area (Å²) in [7, 11) is 0. The molecule has 0 saturated heterocycles. The molecule has 0 radical (unpaired) electrons. The van der Waals surface area contributed by atoms with Gasteiger partial charge in [-0.25, -0.2) is 4.79 Å². The van der Waals surface area contributed by atoms with Gasteiger partial charge in [0.2, 0.25) is 11.8 Å². The third-order valence-corrected chi connectivity index (χ3v) is 6.61. The maximum atomic E-state index is 13.8. The lowest BCUT2D eigenvalue weighted by molar-refractivity contribution is -0.143. The number of carbonyl (C=O) groups is 3. The van der Waals surface area contributed by atoms with Gasteiger partial charge in [0.25, 0.3) is 0 Å². The molecule has 0 bridgehead atoms. The monoisotopic (exact) mass is 523 g/mol. The van der Waals surface area contributed by atoms with Gasteiger partial charge in [-0.3, -0.25) is 9.59 Å². The third kappa shape index (κ3) is 9.20. The van der Waals surface area contributed by atoms with Crippen molar-refractivity contribution in [3.63, 3.8) is 0 Å². The lowest BCUT2D eigenvalue weighted by atomic mass is 9.94. The number of hydrogen-bond acceptors (Lipinski definition) is 7. The number of carbonyl (C=O) groups excluding carboxylic acids is 3. The Hall–Kier alpha value is -2.46. The van der Waals surface area contributed by atoms with Crippen molar-refractivity contribution in [3.8, 4) is 5.75 Å². The molecule has 1 aromatic rings. The number of amides is 3. The summed E-state index contributed by atoms with van der Waals surface area (Å²) < 4.78 is 5.35. The van der Waals surface area contributed by atoms with Gasteiger partial charge in [0.05, 0.1) is 6.61 Å². The Morgan fingerprint density at radius 2 is 1.83 bits per heavy atom. The Kier molecular flexibility index (Phi) is 11.8. The van der Waals surface area contributed by atoms with Crippen molar-refractivity contribution in [2.24, 2.45) is 0 Å². The number of ether oxygens (including phenoxy) is 1. The number of para-hydroxylation sites is 1. The predicted molar refractivity (Wildman–Crippen MR) is 141 cm³/mol. The largest absolute Gasteiger partial charge is 0.508 e. The van der Waals surface area contributed by atoms with E-state index in [1.165, 1.54) is 22.7 Å². The molecular weight excluding hydrogens is 482 g/mol. The van der Waals surface area contributed by atoms with Crippen molar-refractivity contribution in [2.45, 2.75) is 83.0 Å². The van der Waals surface area contributed by atoms with Crippen LogP contribution in [0.3, 0.4) is 0 Å². The minimum absolute atomic E-state index is 0.0159. The van der Waals surface area contributed by atoms with Crippen LogP contribution in [0.5, 0.6) is 5.75 Å². The number of thioether (sulfide) groups is 1. The van der Waals surface area contributed by atoms with Gasteiger partial charge in [-0.1, -0.05) is 37.5 Å². The maximum absolute atomic E-state index is 13.8. The van der Waals surface area contributed by atoms with Gasteiger partial charge < -0.3 is 30.5 Å². The molecule has 1 aliphatic carbocycles. The van der Waals surface area contributed by atoms with Crippen LogP contribution >= 0.6 is 11.8 Å². The number of benzene rings is 1. The quantitative estimate of drug-likeness (QED) is 0.350. The molecule has 2 unspecified atom stereocenters. The number of aliphatic hydroxyl groups is 1. The third-order valence-electron chi connectivity index (χ3n) is 5.97. The Labute approximate surface area is 218 Å². The van der Waals surface area contributed by atoms with Crippen LogP contribution < -0.4 is 10.6 Å². The summed E-state index contributed by atoms with van der Waals surface area (Å²) in [5.74, 6) is -0.505. The van der Waals surface area contributed by atoms with Gasteiger partial charge in [-0.15, -0.1) is 0 Å². The summed E-state index contributed by atoms with van der Waals surface area (Å²) >= 11 is 1.52. The fraction of sp³-hybridized carbons (Fsp3) is 0.654. The molecule has 1 aromatic carbocycles. The number of nitrogens with one attached hydrogen (secondary N) is 2. The normalized spacial score (nSPS) is 16.0. The minimum Gasteiger partial charge on any atom is -0.508 e. The number of phenols is 1. The fourth-order valence-corrected chi connectivity index (χ4v) is 4.79. The summed E-state index contributed by atoms with van der Waals surface area (Å²) in [4.78, 5) is 41.2. The summed E-state index contributed by atoms with van der Waals surface area (Å²) in [5.41, 5.74) is -0.492. The van der Waals surface area contributed by atoms with Crippen LogP contribution in [-0.2, 0) is 14.3 Å². The molecular formula is C26H41N3O6S. The number of phenolic OH excluding ortho intramolecular Hbond substituents is 1. The molecule has 10 heteroatoms. The highest BCUT2D eigenvalue weighted by molar-refractivity contribution is 7.98. The molecule has 1 aliphatic rings. The first-order chi connectivity index (χ1) is 17.1. The first kappa shape index (κ1) is 29.8. The Morgan fingerprint density at radius 3 is 2.42 bits per heavy atom. The van der Waals surface area contributed by atoms with E-state index in [0.29, 0.717) is 12.2 Å². The average molecular weight is 524 g/mol. The summed E-state index contributed by atoms with van der Waals surface area (Å²) in [6.07, 6.45) is 6.31. The molecule has 2 rings (SSSR count). The van der Waals surface area contributed by atoms with Crippen LogP contribution in [0, 0.1) is 0 Å². The number of rotatable bonds is 11. The number of aliphatic hydroxyl groups excluding tert-OH is 1. The lowest BCUT2D eigenvalue weighted by Crippen LogP contribution is -2.54. The van der Waals surface area contributed by atoms with E-state index in [-0.39, 0.29) is 23.9 Å². The predicted octanol–water partition coefficient (Wildman–Crippen LogP) is 3.35. The van der Waals surface area contributed by atoms with E-state index in [4.69, 9.17) is 4.74 Å². The first-order valence-electron chi connectivity index (χ1n) is 12.6. The first-order valence-corrected chi connectivity index (χ1v) is 13.9. The number of aromatic hydroxyl groups is 1. The Morgan fingerprint density at radius 1 is 1.17 bits per heavy atom. The van der Waals surface area contributed by atoms with Crippen LogP contribution in [-0.4, -0.2) is 75.9 Å². The zero-order valence-electron chi connectivity index (χ0n) is 21.8. The average Bonchev–Trinajstić information content (AvgIpc) is 2.81. The van der Waals surface area contributed by atoms with E-state index in [1.54, 1.807) is 39.0 Å². The van der Waals surface area contributed by atoms with E-state index in [2.05, 4.69) is 10.6 Å². The molecule has 0 aliphatic heterocycles. The highest BCUT2D eigenvalue weighted by Crippen LogP contribution is 2.30. The van der Waals surface area contributed by atoms with Crippen molar-refractivity contribution >= 4 is 29.7 Å². The van der Waals surface area contributed by atoms with E-state index >= 15 is 0 Å². The summed E-state index contributed by atoms with van der Waals surface area (Å²) in [6, 6.07) is 4.20. The smallest absolute Gasteiger partial charge is 0.408 e. The highest BCUT2D eigenvalue weighted by atomic mass is 32.2. The van der Waals surface area contributed by atoms with Gasteiger partial charge in [-0.2, -0.15) is 11.8 Å². The van der Waals surface area contributed by atoms with E-state index in [1.807, 2.05) is 6.26 Å². The molecule has 3 amide bonds. The van der Waals surface area contributed by atoms with Gasteiger partial charge in [0.15, 0.2) is 0 Å². The highest BCUT2D eigenvalue weighted by Gasteiger charge is 2.37. The molecule has 202 valence electrons. The van der Waals surface area contributed by atoms with Crippen LogP contribution in [0.25, 0.3) is 0 Å². The molecule has 1 saturated carbocycles. The molecule has 2 atom stereocenters. The SMILES string of the molecule is CSCCC(NC(=O)OC(C)(C)C)C(=O)N(CCO)C(C(=O)NC1CCCCC1)c1ccccc1O.